The number of nitrogens with zero attached hydrogens (tertiary/aromatic N) is 1. The summed E-state index contributed by atoms with van der Waals surface area (Å²) in [5.74, 6) is -0.00467. The second-order valence-electron chi connectivity index (χ2n) is 6.35. The number of aromatic nitrogens is 2. The number of amides is 1. The van der Waals surface area contributed by atoms with Crippen LogP contribution in [-0.2, 0) is 17.8 Å². The average Bonchev–Trinajstić information content (AvgIpc) is 2.66. The Morgan fingerprint density at radius 1 is 1.10 bits per heavy atom. The van der Waals surface area contributed by atoms with Crippen LogP contribution in [0.5, 0.6) is 5.75 Å². The van der Waals surface area contributed by atoms with Gasteiger partial charge in [-0.05, 0) is 36.2 Å². The van der Waals surface area contributed by atoms with Crippen molar-refractivity contribution in [1.82, 2.24) is 15.3 Å². The zero-order valence-corrected chi connectivity index (χ0v) is 15.3. The maximum Gasteiger partial charge on any atom is 0.573 e. The van der Waals surface area contributed by atoms with Crippen LogP contribution >= 0.6 is 0 Å². The molecule has 0 fully saturated rings. The largest absolute Gasteiger partial charge is 0.573 e. The van der Waals surface area contributed by atoms with Crippen molar-refractivity contribution in [1.29, 1.82) is 0 Å². The van der Waals surface area contributed by atoms with E-state index in [2.05, 4.69) is 20.0 Å². The molecule has 1 amide bonds. The van der Waals surface area contributed by atoms with Gasteiger partial charge >= 0.3 is 6.36 Å². The molecule has 2 aromatic carbocycles. The van der Waals surface area contributed by atoms with Crippen molar-refractivity contribution >= 4 is 16.8 Å². The SMILES string of the molecule is O=C(CCCc1nc2ccccc2c(=O)[nH]1)NCc1ccc(OC(F)(F)F)cc1. The molecule has 9 heteroatoms. The molecule has 0 saturated carbocycles. The molecule has 152 valence electrons. The molecule has 3 aromatic rings. The Kier molecular flexibility index (Phi) is 6.16. The van der Waals surface area contributed by atoms with Crippen molar-refractivity contribution < 1.29 is 22.7 Å². The zero-order valence-electron chi connectivity index (χ0n) is 15.3. The van der Waals surface area contributed by atoms with Crippen LogP contribution in [0.2, 0.25) is 0 Å². The van der Waals surface area contributed by atoms with Crippen LogP contribution in [0.25, 0.3) is 10.9 Å². The van der Waals surface area contributed by atoms with Crippen LogP contribution in [0.3, 0.4) is 0 Å². The third-order valence-corrected chi connectivity index (χ3v) is 4.13. The number of aryl methyl sites for hydroxylation is 1. The van der Waals surface area contributed by atoms with Crippen molar-refractivity contribution in [2.45, 2.75) is 32.2 Å². The van der Waals surface area contributed by atoms with E-state index in [1.54, 1.807) is 24.3 Å². The van der Waals surface area contributed by atoms with Crippen molar-refractivity contribution in [3.05, 3.63) is 70.3 Å². The second kappa shape index (κ2) is 8.76. The maximum atomic E-state index is 12.1. The fourth-order valence-corrected chi connectivity index (χ4v) is 2.77. The number of hydrogen-bond acceptors (Lipinski definition) is 4. The van der Waals surface area contributed by atoms with Gasteiger partial charge in [0.05, 0.1) is 10.9 Å². The van der Waals surface area contributed by atoms with Gasteiger partial charge in [-0.3, -0.25) is 9.59 Å². The summed E-state index contributed by atoms with van der Waals surface area (Å²) >= 11 is 0. The first-order valence-corrected chi connectivity index (χ1v) is 8.89. The molecule has 1 heterocycles. The lowest BCUT2D eigenvalue weighted by Gasteiger charge is -2.10. The summed E-state index contributed by atoms with van der Waals surface area (Å²) in [6, 6.07) is 12.3. The van der Waals surface area contributed by atoms with Gasteiger partial charge in [-0.2, -0.15) is 0 Å². The molecular formula is C20H18F3N3O3. The van der Waals surface area contributed by atoms with Gasteiger partial charge < -0.3 is 15.0 Å². The summed E-state index contributed by atoms with van der Waals surface area (Å²) in [6.07, 6.45) is -3.58. The van der Waals surface area contributed by atoms with E-state index >= 15 is 0 Å². The fraction of sp³-hybridized carbons (Fsp3) is 0.250. The molecule has 2 N–H and O–H groups in total. The third-order valence-electron chi connectivity index (χ3n) is 4.13. The number of halogens is 3. The Bertz CT molecular complexity index is 1050. The first-order chi connectivity index (χ1) is 13.8. The predicted octanol–water partition coefficient (Wildman–Crippen LogP) is 3.46. The molecule has 1 aromatic heterocycles. The van der Waals surface area contributed by atoms with Crippen molar-refractivity contribution in [3.63, 3.8) is 0 Å². The Morgan fingerprint density at radius 3 is 2.55 bits per heavy atom. The summed E-state index contributed by atoms with van der Waals surface area (Å²) < 4.78 is 40.2. The van der Waals surface area contributed by atoms with Gasteiger partial charge in [0.2, 0.25) is 5.91 Å². The number of carbonyl (C=O) groups is 1. The van der Waals surface area contributed by atoms with E-state index in [4.69, 9.17) is 0 Å². The monoisotopic (exact) mass is 405 g/mol. The lowest BCUT2D eigenvalue weighted by atomic mass is 10.2. The van der Waals surface area contributed by atoms with E-state index in [1.165, 1.54) is 24.3 Å². The Labute approximate surface area is 163 Å². The number of rotatable bonds is 7. The highest BCUT2D eigenvalue weighted by molar-refractivity contribution is 5.77. The van der Waals surface area contributed by atoms with E-state index < -0.39 is 6.36 Å². The lowest BCUT2D eigenvalue weighted by Crippen LogP contribution is -2.22. The Hall–Kier alpha value is -3.36. The molecule has 3 rings (SSSR count). The number of hydrogen-bond donors (Lipinski definition) is 2. The quantitative estimate of drug-likeness (QED) is 0.631. The standard InChI is InChI=1S/C20H18F3N3O3/c21-20(22,23)29-14-10-8-13(9-11-14)12-24-18(27)7-3-6-17-25-16-5-2-1-4-15(16)19(28)26-17/h1-2,4-5,8-11H,3,6-7,12H2,(H,24,27)(H,25,26,28). The second-order valence-corrected chi connectivity index (χ2v) is 6.35. The van der Waals surface area contributed by atoms with Crippen LogP contribution in [-0.4, -0.2) is 22.2 Å². The molecule has 29 heavy (non-hydrogen) atoms. The molecule has 6 nitrogen and oxygen atoms in total. The summed E-state index contributed by atoms with van der Waals surface area (Å²) in [4.78, 5) is 31.1. The number of ether oxygens (including phenoxy) is 1. The molecule has 0 bridgehead atoms. The Morgan fingerprint density at radius 2 is 1.83 bits per heavy atom. The van der Waals surface area contributed by atoms with E-state index in [1.807, 2.05) is 0 Å². The van der Waals surface area contributed by atoms with Gasteiger partial charge in [0.1, 0.15) is 11.6 Å². The van der Waals surface area contributed by atoms with E-state index in [0.29, 0.717) is 35.1 Å². The first kappa shape index (κ1) is 20.4. The molecule has 0 radical (unpaired) electrons. The van der Waals surface area contributed by atoms with Gasteiger partial charge in [0.25, 0.3) is 5.56 Å². The highest BCUT2D eigenvalue weighted by atomic mass is 19.4. The van der Waals surface area contributed by atoms with Gasteiger partial charge in [-0.1, -0.05) is 24.3 Å². The lowest BCUT2D eigenvalue weighted by molar-refractivity contribution is -0.274. The number of fused-ring (bicyclic) bond motifs is 1. The molecule has 0 unspecified atom stereocenters. The van der Waals surface area contributed by atoms with E-state index in [0.717, 1.165) is 0 Å². The summed E-state index contributed by atoms with van der Waals surface area (Å²) in [5.41, 5.74) is 1.04. The molecule has 0 atom stereocenters. The van der Waals surface area contributed by atoms with Crippen molar-refractivity contribution in [3.8, 4) is 5.75 Å². The average molecular weight is 405 g/mol. The number of alkyl halides is 3. The number of carbonyl (C=O) groups excluding carboxylic acids is 1. The smallest absolute Gasteiger partial charge is 0.406 e. The summed E-state index contributed by atoms with van der Waals surface area (Å²) in [5, 5.41) is 3.21. The third kappa shape index (κ3) is 6.06. The highest BCUT2D eigenvalue weighted by Gasteiger charge is 2.30. The van der Waals surface area contributed by atoms with Crippen LogP contribution in [0.15, 0.2) is 53.3 Å². The number of nitrogens with one attached hydrogen (secondary N) is 2. The maximum absolute atomic E-state index is 12.1. The molecular weight excluding hydrogens is 387 g/mol. The van der Waals surface area contributed by atoms with E-state index in [-0.39, 0.29) is 30.2 Å². The number of para-hydroxylation sites is 1. The number of benzene rings is 2. The van der Waals surface area contributed by atoms with Crippen LogP contribution in [0.4, 0.5) is 13.2 Å². The summed E-state index contributed by atoms with van der Waals surface area (Å²) in [7, 11) is 0. The van der Waals surface area contributed by atoms with Gasteiger partial charge in [-0.15, -0.1) is 13.2 Å². The normalized spacial score (nSPS) is 11.4. The summed E-state index contributed by atoms with van der Waals surface area (Å²) in [6.45, 7) is 0.191. The van der Waals surface area contributed by atoms with Crippen molar-refractivity contribution in [2.24, 2.45) is 0 Å². The fourth-order valence-electron chi connectivity index (χ4n) is 2.77. The van der Waals surface area contributed by atoms with Crippen LogP contribution in [0, 0.1) is 0 Å². The van der Waals surface area contributed by atoms with Crippen molar-refractivity contribution in [2.75, 3.05) is 0 Å². The Balaban J connectivity index is 1.45. The molecule has 0 saturated heterocycles. The van der Waals surface area contributed by atoms with E-state index in [9.17, 15) is 22.8 Å². The van der Waals surface area contributed by atoms with Gasteiger partial charge in [-0.25, -0.2) is 4.98 Å². The first-order valence-electron chi connectivity index (χ1n) is 8.89. The molecule has 0 aliphatic carbocycles. The molecule has 0 aliphatic heterocycles. The van der Waals surface area contributed by atoms with Crippen LogP contribution in [0.1, 0.15) is 24.2 Å². The van der Waals surface area contributed by atoms with Gasteiger partial charge in [0.15, 0.2) is 0 Å². The predicted molar refractivity (Wildman–Crippen MR) is 100 cm³/mol. The zero-order chi connectivity index (χ0) is 20.9. The minimum absolute atomic E-state index is 0.191. The topological polar surface area (TPSA) is 84.1 Å². The molecule has 0 aliphatic rings. The minimum atomic E-state index is -4.74. The van der Waals surface area contributed by atoms with Gasteiger partial charge in [0, 0.05) is 19.4 Å². The highest BCUT2D eigenvalue weighted by Crippen LogP contribution is 2.22. The minimum Gasteiger partial charge on any atom is -0.406 e. The number of H-pyrrole nitrogens is 1. The molecule has 0 spiro atoms. The van der Waals surface area contributed by atoms with Crippen LogP contribution < -0.4 is 15.6 Å². The number of aromatic amines is 1.